The van der Waals surface area contributed by atoms with Crippen molar-refractivity contribution in [1.29, 1.82) is 0 Å². The number of Topliss-reactive ketones (excluding diaryl/α,β-unsaturated/α-hetero) is 1. The van der Waals surface area contributed by atoms with Gasteiger partial charge < -0.3 is 4.74 Å². The largest absolute Gasteiger partial charge is 0.457 e. The molecule has 0 bridgehead atoms. The Kier molecular flexibility index (Phi) is 3.80. The second-order valence-electron chi connectivity index (χ2n) is 2.83. The van der Waals surface area contributed by atoms with Crippen LogP contribution >= 0.6 is 11.6 Å². The fraction of sp³-hybridized carbons (Fsp3) is 0.200. The molecule has 0 aromatic heterocycles. The van der Waals surface area contributed by atoms with E-state index in [2.05, 4.69) is 4.74 Å². The van der Waals surface area contributed by atoms with Gasteiger partial charge in [0.15, 0.2) is 6.61 Å². The van der Waals surface area contributed by atoms with Gasteiger partial charge in [0.05, 0.1) is 5.56 Å². The van der Waals surface area contributed by atoms with E-state index in [0.717, 1.165) is 6.07 Å². The number of esters is 1. The fourth-order valence-corrected chi connectivity index (χ4v) is 1.12. The monoisotopic (exact) mass is 230 g/mol. The Bertz CT molecular complexity index is 404. The average molecular weight is 231 g/mol. The van der Waals surface area contributed by atoms with Crippen molar-refractivity contribution < 1.29 is 18.7 Å². The summed E-state index contributed by atoms with van der Waals surface area (Å²) < 4.78 is 17.6. The summed E-state index contributed by atoms with van der Waals surface area (Å²) in [6.45, 7) is 0.708. The van der Waals surface area contributed by atoms with E-state index in [-0.39, 0.29) is 10.6 Å². The van der Waals surface area contributed by atoms with Gasteiger partial charge in [-0.2, -0.15) is 0 Å². The lowest BCUT2D eigenvalue weighted by atomic mass is 10.1. The van der Waals surface area contributed by atoms with Crippen LogP contribution in [0, 0.1) is 5.82 Å². The van der Waals surface area contributed by atoms with Crippen LogP contribution in [0.1, 0.15) is 17.3 Å². The molecule has 0 heterocycles. The molecule has 80 valence electrons. The number of hydrogen-bond donors (Lipinski definition) is 0. The second-order valence-corrected chi connectivity index (χ2v) is 3.26. The van der Waals surface area contributed by atoms with Gasteiger partial charge in [0.1, 0.15) is 5.82 Å². The van der Waals surface area contributed by atoms with E-state index < -0.39 is 24.2 Å². The van der Waals surface area contributed by atoms with Crippen LogP contribution in [0.25, 0.3) is 0 Å². The van der Waals surface area contributed by atoms with Gasteiger partial charge in [-0.05, 0) is 18.2 Å². The van der Waals surface area contributed by atoms with Crippen molar-refractivity contribution in [2.45, 2.75) is 6.92 Å². The van der Waals surface area contributed by atoms with Crippen molar-refractivity contribution in [3.63, 3.8) is 0 Å². The number of rotatable bonds is 3. The van der Waals surface area contributed by atoms with Crippen LogP contribution in [0.2, 0.25) is 5.02 Å². The SMILES string of the molecule is CC(=O)OCC(=O)c1ccc(Cl)cc1F. The van der Waals surface area contributed by atoms with Crippen molar-refractivity contribution in [2.75, 3.05) is 6.61 Å². The summed E-state index contributed by atoms with van der Waals surface area (Å²) in [5.74, 6) is -1.91. The highest BCUT2D eigenvalue weighted by atomic mass is 35.5. The molecule has 0 unspecified atom stereocenters. The summed E-state index contributed by atoms with van der Waals surface area (Å²) in [6, 6.07) is 3.68. The van der Waals surface area contributed by atoms with Gasteiger partial charge in [-0.25, -0.2) is 4.39 Å². The molecule has 1 aromatic carbocycles. The molecular formula is C10H8ClFO3. The number of carbonyl (C=O) groups is 2. The maximum Gasteiger partial charge on any atom is 0.303 e. The zero-order valence-electron chi connectivity index (χ0n) is 7.92. The Labute approximate surface area is 90.8 Å². The summed E-state index contributed by atoms with van der Waals surface area (Å²) in [6.07, 6.45) is 0. The summed E-state index contributed by atoms with van der Waals surface area (Å²) in [7, 11) is 0. The molecule has 0 amide bonds. The topological polar surface area (TPSA) is 43.4 Å². The van der Waals surface area contributed by atoms with E-state index in [1.54, 1.807) is 0 Å². The van der Waals surface area contributed by atoms with E-state index in [0.29, 0.717) is 0 Å². The highest BCUT2D eigenvalue weighted by Crippen LogP contribution is 2.15. The second kappa shape index (κ2) is 4.89. The summed E-state index contributed by atoms with van der Waals surface area (Å²) in [4.78, 5) is 21.8. The molecule has 0 aliphatic heterocycles. The Morgan fingerprint density at radius 2 is 2.13 bits per heavy atom. The zero-order chi connectivity index (χ0) is 11.4. The number of ketones is 1. The van der Waals surface area contributed by atoms with Crippen molar-refractivity contribution >= 4 is 23.4 Å². The summed E-state index contributed by atoms with van der Waals surface area (Å²) in [5, 5.41) is 0.205. The van der Waals surface area contributed by atoms with Crippen molar-refractivity contribution in [3.05, 3.63) is 34.6 Å². The number of hydrogen-bond acceptors (Lipinski definition) is 3. The molecule has 0 saturated carbocycles. The first-order valence-electron chi connectivity index (χ1n) is 4.12. The molecule has 1 aromatic rings. The fourth-order valence-electron chi connectivity index (χ4n) is 0.961. The van der Waals surface area contributed by atoms with Crippen LogP contribution in [0.5, 0.6) is 0 Å². The molecule has 3 nitrogen and oxygen atoms in total. The summed E-state index contributed by atoms with van der Waals surface area (Å²) in [5.41, 5.74) is -0.138. The smallest absolute Gasteiger partial charge is 0.303 e. The van der Waals surface area contributed by atoms with Crippen LogP contribution < -0.4 is 0 Å². The van der Waals surface area contributed by atoms with E-state index in [4.69, 9.17) is 11.6 Å². The highest BCUT2D eigenvalue weighted by Gasteiger charge is 2.12. The molecule has 0 aliphatic rings. The molecule has 0 spiro atoms. The molecule has 0 atom stereocenters. The lowest BCUT2D eigenvalue weighted by Gasteiger charge is -2.03. The molecule has 5 heteroatoms. The van der Waals surface area contributed by atoms with E-state index in [1.165, 1.54) is 19.1 Å². The summed E-state index contributed by atoms with van der Waals surface area (Å²) >= 11 is 5.51. The third-order valence-corrected chi connectivity index (χ3v) is 1.87. The maximum atomic E-state index is 13.2. The highest BCUT2D eigenvalue weighted by molar-refractivity contribution is 6.30. The molecule has 0 aliphatic carbocycles. The molecule has 0 saturated heterocycles. The van der Waals surface area contributed by atoms with Crippen LogP contribution in [0.3, 0.4) is 0 Å². The first-order valence-corrected chi connectivity index (χ1v) is 4.50. The standard InChI is InChI=1S/C10H8ClFO3/c1-6(13)15-5-10(14)8-3-2-7(11)4-9(8)12/h2-4H,5H2,1H3. The molecule has 0 radical (unpaired) electrons. The number of ether oxygens (including phenoxy) is 1. The molecule has 0 N–H and O–H groups in total. The minimum Gasteiger partial charge on any atom is -0.457 e. The lowest BCUT2D eigenvalue weighted by Crippen LogP contribution is -2.13. The first-order chi connectivity index (χ1) is 7.00. The predicted octanol–water partition coefficient (Wildman–Crippen LogP) is 2.22. The Balaban J connectivity index is 2.78. The molecule has 1 rings (SSSR count). The number of carbonyl (C=O) groups excluding carboxylic acids is 2. The van der Waals surface area contributed by atoms with Crippen LogP contribution in [-0.4, -0.2) is 18.4 Å². The zero-order valence-corrected chi connectivity index (χ0v) is 8.68. The van der Waals surface area contributed by atoms with E-state index >= 15 is 0 Å². The first kappa shape index (κ1) is 11.7. The average Bonchev–Trinajstić information content (AvgIpc) is 2.14. The predicted molar refractivity (Wildman–Crippen MR) is 52.4 cm³/mol. The van der Waals surface area contributed by atoms with Crippen molar-refractivity contribution in [2.24, 2.45) is 0 Å². The molecular weight excluding hydrogens is 223 g/mol. The van der Waals surface area contributed by atoms with Gasteiger partial charge >= 0.3 is 5.97 Å². The van der Waals surface area contributed by atoms with Gasteiger partial charge in [0.25, 0.3) is 0 Å². The van der Waals surface area contributed by atoms with Gasteiger partial charge in [-0.15, -0.1) is 0 Å². The normalized spacial score (nSPS) is 9.80. The van der Waals surface area contributed by atoms with Crippen LogP contribution in [-0.2, 0) is 9.53 Å². The molecule has 0 fully saturated rings. The maximum absolute atomic E-state index is 13.2. The lowest BCUT2D eigenvalue weighted by molar-refractivity contribution is -0.139. The Morgan fingerprint density at radius 3 is 2.67 bits per heavy atom. The third-order valence-electron chi connectivity index (χ3n) is 1.64. The Morgan fingerprint density at radius 1 is 1.47 bits per heavy atom. The minimum atomic E-state index is -0.723. The Hall–Kier alpha value is -1.42. The van der Waals surface area contributed by atoms with Gasteiger partial charge in [-0.1, -0.05) is 11.6 Å². The van der Waals surface area contributed by atoms with Crippen molar-refractivity contribution in [1.82, 2.24) is 0 Å². The van der Waals surface area contributed by atoms with Crippen molar-refractivity contribution in [3.8, 4) is 0 Å². The van der Waals surface area contributed by atoms with Crippen LogP contribution in [0.15, 0.2) is 18.2 Å². The number of halogens is 2. The van der Waals surface area contributed by atoms with E-state index in [9.17, 15) is 14.0 Å². The van der Waals surface area contributed by atoms with Gasteiger partial charge in [0, 0.05) is 11.9 Å². The van der Waals surface area contributed by atoms with Gasteiger partial charge in [0.2, 0.25) is 5.78 Å². The van der Waals surface area contributed by atoms with Crippen LogP contribution in [0.4, 0.5) is 4.39 Å². The number of benzene rings is 1. The quantitative estimate of drug-likeness (QED) is 0.591. The third kappa shape index (κ3) is 3.32. The molecule has 15 heavy (non-hydrogen) atoms. The van der Waals surface area contributed by atoms with E-state index in [1.807, 2.05) is 0 Å². The minimum absolute atomic E-state index is 0.138. The van der Waals surface area contributed by atoms with Gasteiger partial charge in [-0.3, -0.25) is 9.59 Å².